The molecule has 34 heavy (non-hydrogen) atoms. The number of allylic oxidation sites excluding steroid dienone is 1. The van der Waals surface area contributed by atoms with Gasteiger partial charge in [-0.2, -0.15) is 0 Å². The van der Waals surface area contributed by atoms with Crippen LogP contribution in [0.1, 0.15) is 45.6 Å². The first-order valence-corrected chi connectivity index (χ1v) is 12.5. The van der Waals surface area contributed by atoms with Crippen LogP contribution >= 0.6 is 0 Å². The van der Waals surface area contributed by atoms with Crippen LogP contribution in [0.15, 0.2) is 66.2 Å². The second kappa shape index (κ2) is 13.3. The summed E-state index contributed by atoms with van der Waals surface area (Å²) < 4.78 is 5.98. The zero-order valence-corrected chi connectivity index (χ0v) is 20.9. The van der Waals surface area contributed by atoms with Crippen molar-refractivity contribution >= 4 is 12.0 Å². The van der Waals surface area contributed by atoms with Crippen molar-refractivity contribution in [1.29, 1.82) is 0 Å². The standard InChI is InChI=1S/C29H40N2O3/c1-23(2)13-18-31(27-14-16-30(17-15-27)20-24(3)19-28(33)21-32)26-9-11-29(12-10-26)34-22-25-7-5-4-6-8-25/h4-13,21,24,27-28,33H,14-20,22H2,1-3H3. The fourth-order valence-corrected chi connectivity index (χ4v) is 4.62. The normalized spacial score (nSPS) is 16.5. The van der Waals surface area contributed by atoms with Crippen molar-refractivity contribution in [3.8, 4) is 5.75 Å². The van der Waals surface area contributed by atoms with Gasteiger partial charge in [0.2, 0.25) is 0 Å². The third-order valence-corrected chi connectivity index (χ3v) is 6.48. The van der Waals surface area contributed by atoms with E-state index in [1.54, 1.807) is 0 Å². The molecular formula is C29H40N2O3. The summed E-state index contributed by atoms with van der Waals surface area (Å²) in [5.41, 5.74) is 3.72. The van der Waals surface area contributed by atoms with Crippen LogP contribution in [-0.2, 0) is 11.4 Å². The summed E-state index contributed by atoms with van der Waals surface area (Å²) in [5, 5.41) is 9.61. The van der Waals surface area contributed by atoms with Gasteiger partial charge >= 0.3 is 0 Å². The van der Waals surface area contributed by atoms with Crippen molar-refractivity contribution < 1.29 is 14.6 Å². The average Bonchev–Trinajstić information content (AvgIpc) is 2.85. The Balaban J connectivity index is 1.58. The van der Waals surface area contributed by atoms with E-state index in [4.69, 9.17) is 4.74 Å². The van der Waals surface area contributed by atoms with Crippen molar-refractivity contribution in [2.45, 2.75) is 58.8 Å². The SMILES string of the molecule is CC(C)=CCN(c1ccc(OCc2ccccc2)cc1)C1CCN(CC(C)CC(O)C=O)CC1. The van der Waals surface area contributed by atoms with Crippen LogP contribution in [0.25, 0.3) is 0 Å². The van der Waals surface area contributed by atoms with Crippen LogP contribution in [0.5, 0.6) is 5.75 Å². The molecule has 2 aromatic carbocycles. The average molecular weight is 465 g/mol. The monoisotopic (exact) mass is 464 g/mol. The first-order valence-electron chi connectivity index (χ1n) is 12.5. The zero-order valence-electron chi connectivity index (χ0n) is 20.9. The molecule has 184 valence electrons. The van der Waals surface area contributed by atoms with E-state index < -0.39 is 6.10 Å². The molecule has 1 saturated heterocycles. The quantitative estimate of drug-likeness (QED) is 0.350. The summed E-state index contributed by atoms with van der Waals surface area (Å²) in [6.07, 6.45) is 4.84. The smallest absolute Gasteiger partial charge is 0.148 e. The third-order valence-electron chi connectivity index (χ3n) is 6.48. The molecule has 2 atom stereocenters. The van der Waals surface area contributed by atoms with E-state index in [0.717, 1.165) is 44.8 Å². The number of aliphatic hydroxyl groups is 1. The number of hydrogen-bond acceptors (Lipinski definition) is 5. The number of rotatable bonds is 12. The molecule has 0 radical (unpaired) electrons. The van der Waals surface area contributed by atoms with Gasteiger partial charge in [-0.25, -0.2) is 0 Å². The molecule has 2 aromatic rings. The Morgan fingerprint density at radius 1 is 1.12 bits per heavy atom. The second-order valence-corrected chi connectivity index (χ2v) is 9.78. The molecule has 5 heteroatoms. The minimum Gasteiger partial charge on any atom is -0.489 e. The van der Waals surface area contributed by atoms with Crippen molar-refractivity contribution in [1.82, 2.24) is 4.90 Å². The number of likely N-dealkylation sites (tertiary alicyclic amines) is 1. The number of nitrogens with zero attached hydrogens (tertiary/aromatic N) is 2. The molecule has 0 aromatic heterocycles. The highest BCUT2D eigenvalue weighted by Crippen LogP contribution is 2.27. The Hall–Kier alpha value is -2.63. The topological polar surface area (TPSA) is 53.0 Å². The van der Waals surface area contributed by atoms with Gasteiger partial charge in [0.05, 0.1) is 0 Å². The predicted molar refractivity (Wildman–Crippen MR) is 139 cm³/mol. The minimum absolute atomic E-state index is 0.307. The maximum atomic E-state index is 10.7. The molecule has 0 amide bonds. The molecule has 0 saturated carbocycles. The fourth-order valence-electron chi connectivity index (χ4n) is 4.62. The van der Waals surface area contributed by atoms with Crippen molar-refractivity contribution in [3.63, 3.8) is 0 Å². The van der Waals surface area contributed by atoms with E-state index in [2.05, 4.69) is 73.0 Å². The number of carbonyl (C=O) groups is 1. The summed E-state index contributed by atoms with van der Waals surface area (Å²) in [6.45, 7) is 10.9. The van der Waals surface area contributed by atoms with Crippen molar-refractivity contribution in [3.05, 3.63) is 71.8 Å². The Bertz CT molecular complexity index is 885. The first kappa shape index (κ1) is 26.0. The van der Waals surface area contributed by atoms with Gasteiger partial charge in [-0.15, -0.1) is 0 Å². The summed E-state index contributed by atoms with van der Waals surface area (Å²) in [7, 11) is 0. The Kier molecular flexibility index (Phi) is 10.2. The maximum absolute atomic E-state index is 10.7. The van der Waals surface area contributed by atoms with E-state index in [1.165, 1.54) is 16.8 Å². The summed E-state index contributed by atoms with van der Waals surface area (Å²) in [4.78, 5) is 15.7. The molecule has 1 fully saturated rings. The van der Waals surface area contributed by atoms with Gasteiger partial charge in [-0.1, -0.05) is 48.9 Å². The van der Waals surface area contributed by atoms with Gasteiger partial charge in [0, 0.05) is 37.9 Å². The molecule has 1 N–H and O–H groups in total. The van der Waals surface area contributed by atoms with Gasteiger partial charge in [0.25, 0.3) is 0 Å². The molecule has 0 bridgehead atoms. The number of benzene rings is 2. The van der Waals surface area contributed by atoms with Gasteiger partial charge in [-0.05, 0) is 68.9 Å². The summed E-state index contributed by atoms with van der Waals surface area (Å²) >= 11 is 0. The van der Waals surface area contributed by atoms with E-state index in [0.29, 0.717) is 31.3 Å². The lowest BCUT2D eigenvalue weighted by Gasteiger charge is -2.40. The molecule has 2 unspecified atom stereocenters. The molecule has 5 nitrogen and oxygen atoms in total. The van der Waals surface area contributed by atoms with E-state index in [1.807, 2.05) is 18.2 Å². The molecule has 3 rings (SSSR count). The summed E-state index contributed by atoms with van der Waals surface area (Å²) in [6, 6.07) is 19.2. The van der Waals surface area contributed by atoms with Crippen LogP contribution < -0.4 is 9.64 Å². The first-order chi connectivity index (χ1) is 16.4. The van der Waals surface area contributed by atoms with Crippen LogP contribution in [-0.4, -0.2) is 54.6 Å². The maximum Gasteiger partial charge on any atom is 0.148 e. The zero-order chi connectivity index (χ0) is 24.3. The molecular weight excluding hydrogens is 424 g/mol. The Labute approximate surface area is 205 Å². The lowest BCUT2D eigenvalue weighted by molar-refractivity contribution is -0.115. The van der Waals surface area contributed by atoms with Gasteiger partial charge < -0.3 is 24.4 Å². The van der Waals surface area contributed by atoms with Crippen molar-refractivity contribution in [2.24, 2.45) is 5.92 Å². The number of piperidine rings is 1. The molecule has 0 aliphatic carbocycles. The molecule has 1 heterocycles. The number of anilines is 1. The number of aldehydes is 1. The highest BCUT2D eigenvalue weighted by atomic mass is 16.5. The highest BCUT2D eigenvalue weighted by Gasteiger charge is 2.25. The molecule has 1 aliphatic heterocycles. The lowest BCUT2D eigenvalue weighted by atomic mass is 9.98. The van der Waals surface area contributed by atoms with Crippen LogP contribution in [0.4, 0.5) is 5.69 Å². The van der Waals surface area contributed by atoms with Gasteiger partial charge in [-0.3, -0.25) is 0 Å². The Morgan fingerprint density at radius 3 is 2.41 bits per heavy atom. The highest BCUT2D eigenvalue weighted by molar-refractivity contribution is 5.55. The van der Waals surface area contributed by atoms with E-state index in [-0.39, 0.29) is 0 Å². The lowest BCUT2D eigenvalue weighted by Crippen LogP contribution is -2.46. The number of hydrogen-bond donors (Lipinski definition) is 1. The van der Waals surface area contributed by atoms with Crippen LogP contribution in [0, 0.1) is 5.92 Å². The largest absolute Gasteiger partial charge is 0.489 e. The van der Waals surface area contributed by atoms with E-state index in [9.17, 15) is 9.90 Å². The number of aliphatic hydroxyl groups excluding tert-OH is 1. The van der Waals surface area contributed by atoms with Gasteiger partial charge in [0.1, 0.15) is 24.7 Å². The molecule has 1 aliphatic rings. The fraction of sp³-hybridized carbons (Fsp3) is 0.483. The van der Waals surface area contributed by atoms with Crippen LogP contribution in [0.3, 0.4) is 0 Å². The van der Waals surface area contributed by atoms with Gasteiger partial charge in [0.15, 0.2) is 0 Å². The number of ether oxygens (including phenoxy) is 1. The molecule has 0 spiro atoms. The van der Waals surface area contributed by atoms with Crippen LogP contribution in [0.2, 0.25) is 0 Å². The van der Waals surface area contributed by atoms with Crippen molar-refractivity contribution in [2.75, 3.05) is 31.1 Å². The Morgan fingerprint density at radius 2 is 1.79 bits per heavy atom. The van der Waals surface area contributed by atoms with E-state index >= 15 is 0 Å². The third kappa shape index (κ3) is 8.30. The predicted octanol–water partition coefficient (Wildman–Crippen LogP) is 5.09. The number of carbonyl (C=O) groups excluding carboxylic acids is 1. The minimum atomic E-state index is -0.841. The summed E-state index contributed by atoms with van der Waals surface area (Å²) in [5.74, 6) is 1.19. The second-order valence-electron chi connectivity index (χ2n) is 9.78.